The number of carbonyl (C=O) groups is 3. The van der Waals surface area contributed by atoms with Gasteiger partial charge in [-0.05, 0) is 20.8 Å². The molecule has 0 unspecified atom stereocenters. The van der Waals surface area contributed by atoms with Crippen molar-refractivity contribution in [3.63, 3.8) is 0 Å². The molecule has 0 bridgehead atoms. The van der Waals surface area contributed by atoms with Crippen LogP contribution in [-0.4, -0.2) is 36.2 Å². The maximum atomic E-state index is 11.2. The molecule has 1 fully saturated rings. The molecule has 6 heteroatoms. The first-order valence-corrected chi connectivity index (χ1v) is 4.53. The number of esters is 3. The van der Waals surface area contributed by atoms with Crippen LogP contribution in [0.5, 0.6) is 0 Å². The monoisotopic (exact) mass is 216 g/mol. The summed E-state index contributed by atoms with van der Waals surface area (Å²) < 4.78 is 14.1. The summed E-state index contributed by atoms with van der Waals surface area (Å²) in [6, 6.07) is 0. The second-order valence-electron chi connectivity index (χ2n) is 3.24. The molecule has 1 saturated heterocycles. The van der Waals surface area contributed by atoms with E-state index in [1.54, 1.807) is 0 Å². The fourth-order valence-electron chi connectivity index (χ4n) is 0.954. The highest BCUT2D eigenvalue weighted by atomic mass is 16.6. The third-order valence-corrected chi connectivity index (χ3v) is 1.87. The van der Waals surface area contributed by atoms with E-state index in [0.29, 0.717) is 0 Å². The van der Waals surface area contributed by atoms with Crippen LogP contribution in [0.25, 0.3) is 0 Å². The molecule has 0 aliphatic carbocycles. The van der Waals surface area contributed by atoms with Crippen molar-refractivity contribution in [2.75, 3.05) is 0 Å². The van der Waals surface area contributed by atoms with Crippen LogP contribution in [0.15, 0.2) is 0 Å². The van der Waals surface area contributed by atoms with Gasteiger partial charge >= 0.3 is 17.9 Å². The highest BCUT2D eigenvalue weighted by molar-refractivity contribution is 5.87. The van der Waals surface area contributed by atoms with Crippen molar-refractivity contribution in [1.29, 1.82) is 0 Å². The van der Waals surface area contributed by atoms with Crippen LogP contribution in [0.2, 0.25) is 0 Å². The van der Waals surface area contributed by atoms with E-state index in [1.165, 1.54) is 20.8 Å². The number of carbonyl (C=O) groups excluding carboxylic acids is 3. The van der Waals surface area contributed by atoms with Crippen LogP contribution < -0.4 is 0 Å². The minimum Gasteiger partial charge on any atom is -0.448 e. The molecule has 1 rings (SSSR count). The standard InChI is InChI=1S/C9H12O6/c1-4-7(10)14-6(3)9(12)15-5(2)8(11)13-4/h4-6H,1-3H3/t4-,5-,6-/m1/s1. The van der Waals surface area contributed by atoms with Crippen molar-refractivity contribution in [2.24, 2.45) is 0 Å². The first-order valence-electron chi connectivity index (χ1n) is 4.53. The highest BCUT2D eigenvalue weighted by Crippen LogP contribution is 2.08. The lowest BCUT2D eigenvalue weighted by molar-refractivity contribution is -0.169. The Hall–Kier alpha value is -1.59. The molecule has 84 valence electrons. The molecule has 15 heavy (non-hydrogen) atoms. The summed E-state index contributed by atoms with van der Waals surface area (Å²) in [6.07, 6.45) is -3.09. The number of rotatable bonds is 0. The summed E-state index contributed by atoms with van der Waals surface area (Å²) in [7, 11) is 0. The SMILES string of the molecule is C[C@H]1OC(=O)[C@@H](C)OC(=O)[C@@H](C)OC1=O. The van der Waals surface area contributed by atoms with E-state index < -0.39 is 36.2 Å². The topological polar surface area (TPSA) is 78.9 Å². The minimum atomic E-state index is -1.03. The fraction of sp³-hybridized carbons (Fsp3) is 0.667. The quantitative estimate of drug-likeness (QED) is 0.412. The van der Waals surface area contributed by atoms with Gasteiger partial charge in [-0.3, -0.25) is 0 Å². The van der Waals surface area contributed by atoms with Gasteiger partial charge in [-0.25, -0.2) is 14.4 Å². The van der Waals surface area contributed by atoms with E-state index in [1.807, 2.05) is 0 Å². The van der Waals surface area contributed by atoms with Crippen LogP contribution in [0, 0.1) is 0 Å². The second-order valence-corrected chi connectivity index (χ2v) is 3.24. The molecule has 0 amide bonds. The zero-order chi connectivity index (χ0) is 11.6. The molecule has 0 spiro atoms. The van der Waals surface area contributed by atoms with Crippen LogP contribution in [0.1, 0.15) is 20.8 Å². The van der Waals surface area contributed by atoms with Crippen molar-refractivity contribution < 1.29 is 28.6 Å². The van der Waals surface area contributed by atoms with E-state index in [-0.39, 0.29) is 0 Å². The summed E-state index contributed by atoms with van der Waals surface area (Å²) >= 11 is 0. The largest absolute Gasteiger partial charge is 0.448 e. The van der Waals surface area contributed by atoms with Gasteiger partial charge in [-0.15, -0.1) is 0 Å². The molecule has 3 atom stereocenters. The Kier molecular flexibility index (Phi) is 3.28. The van der Waals surface area contributed by atoms with Gasteiger partial charge < -0.3 is 14.2 Å². The lowest BCUT2D eigenvalue weighted by atomic mass is 10.4. The third kappa shape index (κ3) is 2.68. The van der Waals surface area contributed by atoms with E-state index in [2.05, 4.69) is 0 Å². The Morgan fingerprint density at radius 3 is 1.07 bits per heavy atom. The molecule has 0 N–H and O–H groups in total. The third-order valence-electron chi connectivity index (χ3n) is 1.87. The molecule has 1 heterocycles. The molecule has 0 aromatic heterocycles. The summed E-state index contributed by atoms with van der Waals surface area (Å²) in [5, 5.41) is 0. The van der Waals surface area contributed by atoms with Crippen LogP contribution in [-0.2, 0) is 28.6 Å². The van der Waals surface area contributed by atoms with Gasteiger partial charge in [0, 0.05) is 0 Å². The fourth-order valence-corrected chi connectivity index (χ4v) is 0.954. The molecule has 0 saturated carbocycles. The molecule has 0 aromatic rings. The number of hydrogen-bond donors (Lipinski definition) is 0. The molecule has 6 nitrogen and oxygen atoms in total. The Labute approximate surface area is 86.5 Å². The van der Waals surface area contributed by atoms with Crippen molar-refractivity contribution in [3.8, 4) is 0 Å². The second kappa shape index (κ2) is 4.29. The first-order chi connectivity index (χ1) is 6.91. The lowest BCUT2D eigenvalue weighted by Crippen LogP contribution is -2.30. The van der Waals surface area contributed by atoms with Gasteiger partial charge in [-0.1, -0.05) is 0 Å². The van der Waals surface area contributed by atoms with Crippen LogP contribution in [0.4, 0.5) is 0 Å². The maximum absolute atomic E-state index is 11.2. The molecule has 1 aliphatic heterocycles. The van der Waals surface area contributed by atoms with Gasteiger partial charge in [0.15, 0.2) is 18.3 Å². The number of ether oxygens (including phenoxy) is 3. The first kappa shape index (κ1) is 11.5. The van der Waals surface area contributed by atoms with Crippen LogP contribution >= 0.6 is 0 Å². The lowest BCUT2D eigenvalue weighted by Gasteiger charge is -2.11. The summed E-state index contributed by atoms with van der Waals surface area (Å²) in [4.78, 5) is 33.7. The van der Waals surface area contributed by atoms with Gasteiger partial charge in [0.05, 0.1) is 0 Å². The Balaban J connectivity index is 2.86. The van der Waals surface area contributed by atoms with E-state index in [0.717, 1.165) is 0 Å². The van der Waals surface area contributed by atoms with E-state index >= 15 is 0 Å². The van der Waals surface area contributed by atoms with E-state index in [4.69, 9.17) is 14.2 Å². The summed E-state index contributed by atoms with van der Waals surface area (Å²) in [5.41, 5.74) is 0. The molecule has 0 aromatic carbocycles. The Morgan fingerprint density at radius 1 is 0.667 bits per heavy atom. The van der Waals surface area contributed by atoms with Gasteiger partial charge in [0.1, 0.15) is 0 Å². The Morgan fingerprint density at radius 2 is 0.867 bits per heavy atom. The highest BCUT2D eigenvalue weighted by Gasteiger charge is 2.32. The molecule has 0 radical (unpaired) electrons. The van der Waals surface area contributed by atoms with Gasteiger partial charge in [0.2, 0.25) is 0 Å². The molecular weight excluding hydrogens is 204 g/mol. The molecule has 1 aliphatic rings. The minimum absolute atomic E-state index is 0.762. The number of hydrogen-bond acceptors (Lipinski definition) is 6. The smallest absolute Gasteiger partial charge is 0.347 e. The predicted octanol–water partition coefficient (Wildman–Crippen LogP) is -0.205. The van der Waals surface area contributed by atoms with Gasteiger partial charge in [-0.2, -0.15) is 0 Å². The van der Waals surface area contributed by atoms with Crippen molar-refractivity contribution in [2.45, 2.75) is 39.1 Å². The normalized spacial score (nSPS) is 33.0. The van der Waals surface area contributed by atoms with Crippen LogP contribution in [0.3, 0.4) is 0 Å². The van der Waals surface area contributed by atoms with Gasteiger partial charge in [0.25, 0.3) is 0 Å². The molecular formula is C9H12O6. The van der Waals surface area contributed by atoms with E-state index in [9.17, 15) is 14.4 Å². The van der Waals surface area contributed by atoms with Crippen molar-refractivity contribution in [1.82, 2.24) is 0 Å². The van der Waals surface area contributed by atoms with Crippen molar-refractivity contribution in [3.05, 3.63) is 0 Å². The zero-order valence-electron chi connectivity index (χ0n) is 8.68. The number of cyclic esters (lactones) is 3. The Bertz CT molecular complexity index is 249. The zero-order valence-corrected chi connectivity index (χ0v) is 8.68. The van der Waals surface area contributed by atoms with Crippen molar-refractivity contribution >= 4 is 17.9 Å². The predicted molar refractivity (Wildman–Crippen MR) is 46.7 cm³/mol. The maximum Gasteiger partial charge on any atom is 0.347 e. The summed E-state index contributed by atoms with van der Waals surface area (Å²) in [6.45, 7) is 4.11. The average molecular weight is 216 g/mol. The summed E-state index contributed by atoms with van der Waals surface area (Å²) in [5.74, 6) is -2.29. The average Bonchev–Trinajstić information content (AvgIpc) is 2.17.